The minimum atomic E-state index is -0.332. The van der Waals surface area contributed by atoms with Gasteiger partial charge in [0.1, 0.15) is 0 Å². The van der Waals surface area contributed by atoms with Gasteiger partial charge in [-0.15, -0.1) is 0 Å². The molecule has 2 aromatic carbocycles. The SMILES string of the molecule is COc1cc(C(C)=NNC(=O)c2ccc(Cl)cc2)ccc1O. The molecular formula is C16H15ClN2O3. The zero-order valence-electron chi connectivity index (χ0n) is 12.1. The smallest absolute Gasteiger partial charge is 0.271 e. The van der Waals surface area contributed by atoms with Crippen LogP contribution in [-0.2, 0) is 0 Å². The summed E-state index contributed by atoms with van der Waals surface area (Å²) in [7, 11) is 1.47. The van der Waals surface area contributed by atoms with Gasteiger partial charge in [0.2, 0.25) is 0 Å². The molecule has 2 aromatic rings. The third-order valence-corrected chi connectivity index (χ3v) is 3.28. The van der Waals surface area contributed by atoms with E-state index < -0.39 is 0 Å². The summed E-state index contributed by atoms with van der Waals surface area (Å²) in [6, 6.07) is 11.3. The van der Waals surface area contributed by atoms with Crippen molar-refractivity contribution in [2.24, 2.45) is 5.10 Å². The Kier molecular flexibility index (Phi) is 5.01. The summed E-state index contributed by atoms with van der Waals surface area (Å²) in [6.45, 7) is 1.74. The quantitative estimate of drug-likeness (QED) is 0.671. The van der Waals surface area contributed by atoms with Crippen LogP contribution in [0.4, 0.5) is 0 Å². The van der Waals surface area contributed by atoms with Crippen molar-refractivity contribution in [3.05, 3.63) is 58.6 Å². The standard InChI is InChI=1S/C16H15ClN2O3/c1-10(12-5-8-14(20)15(9-12)22-2)18-19-16(21)11-3-6-13(17)7-4-11/h3-9,20H,1-2H3,(H,19,21). The molecule has 0 unspecified atom stereocenters. The van der Waals surface area contributed by atoms with E-state index in [1.165, 1.54) is 13.2 Å². The van der Waals surface area contributed by atoms with Crippen molar-refractivity contribution < 1.29 is 14.6 Å². The van der Waals surface area contributed by atoms with Gasteiger partial charge >= 0.3 is 0 Å². The van der Waals surface area contributed by atoms with Crippen LogP contribution in [0.15, 0.2) is 47.6 Å². The molecule has 5 nitrogen and oxygen atoms in total. The van der Waals surface area contributed by atoms with Gasteiger partial charge in [-0.25, -0.2) is 5.43 Å². The lowest BCUT2D eigenvalue weighted by Crippen LogP contribution is -2.19. The Morgan fingerprint density at radius 1 is 1.18 bits per heavy atom. The molecular weight excluding hydrogens is 304 g/mol. The predicted molar refractivity (Wildman–Crippen MR) is 85.8 cm³/mol. The van der Waals surface area contributed by atoms with Crippen LogP contribution < -0.4 is 10.2 Å². The second-order valence-electron chi connectivity index (χ2n) is 4.53. The molecule has 0 aliphatic rings. The molecule has 0 bridgehead atoms. The molecule has 0 fully saturated rings. The van der Waals surface area contributed by atoms with E-state index in [9.17, 15) is 9.90 Å². The Bertz CT molecular complexity index is 712. The molecule has 1 amide bonds. The highest BCUT2D eigenvalue weighted by Gasteiger charge is 2.07. The van der Waals surface area contributed by atoms with Crippen molar-refractivity contribution in [1.82, 2.24) is 5.43 Å². The number of halogens is 1. The summed E-state index contributed by atoms with van der Waals surface area (Å²) in [5, 5.41) is 14.2. The van der Waals surface area contributed by atoms with E-state index in [1.807, 2.05) is 0 Å². The van der Waals surface area contributed by atoms with E-state index in [0.717, 1.165) is 5.56 Å². The van der Waals surface area contributed by atoms with Gasteiger partial charge in [-0.2, -0.15) is 5.10 Å². The van der Waals surface area contributed by atoms with Crippen molar-refractivity contribution in [2.75, 3.05) is 7.11 Å². The van der Waals surface area contributed by atoms with Crippen LogP contribution in [0.1, 0.15) is 22.8 Å². The Morgan fingerprint density at radius 2 is 1.82 bits per heavy atom. The molecule has 0 spiro atoms. The van der Waals surface area contributed by atoms with Crippen molar-refractivity contribution in [3.8, 4) is 11.5 Å². The Morgan fingerprint density at radius 3 is 2.45 bits per heavy atom. The molecule has 0 aliphatic heterocycles. The first-order chi connectivity index (χ1) is 10.5. The molecule has 0 aliphatic carbocycles. The van der Waals surface area contributed by atoms with Gasteiger partial charge in [0.25, 0.3) is 5.91 Å². The van der Waals surface area contributed by atoms with E-state index in [-0.39, 0.29) is 11.7 Å². The monoisotopic (exact) mass is 318 g/mol. The van der Waals surface area contributed by atoms with Crippen molar-refractivity contribution in [3.63, 3.8) is 0 Å². The fraction of sp³-hybridized carbons (Fsp3) is 0.125. The first-order valence-electron chi connectivity index (χ1n) is 6.49. The largest absolute Gasteiger partial charge is 0.504 e. The number of hydrazone groups is 1. The lowest BCUT2D eigenvalue weighted by molar-refractivity contribution is 0.0955. The fourth-order valence-corrected chi connectivity index (χ4v) is 1.89. The molecule has 114 valence electrons. The second-order valence-corrected chi connectivity index (χ2v) is 4.97. The third kappa shape index (κ3) is 3.77. The summed E-state index contributed by atoms with van der Waals surface area (Å²) >= 11 is 5.77. The number of aromatic hydroxyl groups is 1. The average molecular weight is 319 g/mol. The van der Waals surface area contributed by atoms with Crippen LogP contribution in [0.3, 0.4) is 0 Å². The Hall–Kier alpha value is -2.53. The van der Waals surface area contributed by atoms with E-state index in [2.05, 4.69) is 10.5 Å². The molecule has 0 saturated carbocycles. The predicted octanol–water partition coefficient (Wildman–Crippen LogP) is 3.21. The maximum absolute atomic E-state index is 11.9. The van der Waals surface area contributed by atoms with Crippen molar-refractivity contribution in [1.29, 1.82) is 0 Å². The number of nitrogens with one attached hydrogen (secondary N) is 1. The van der Waals surface area contributed by atoms with Gasteiger partial charge in [0.05, 0.1) is 12.8 Å². The van der Waals surface area contributed by atoms with Crippen molar-refractivity contribution >= 4 is 23.2 Å². The first kappa shape index (κ1) is 15.9. The van der Waals surface area contributed by atoms with E-state index in [1.54, 1.807) is 43.3 Å². The van der Waals surface area contributed by atoms with Gasteiger partial charge in [0.15, 0.2) is 11.5 Å². The van der Waals surface area contributed by atoms with Gasteiger partial charge in [0, 0.05) is 16.1 Å². The van der Waals surface area contributed by atoms with Gasteiger partial charge in [-0.1, -0.05) is 11.6 Å². The number of hydrogen-bond donors (Lipinski definition) is 2. The molecule has 2 N–H and O–H groups in total. The number of rotatable bonds is 4. The van der Waals surface area contributed by atoms with Crippen LogP contribution in [0.2, 0.25) is 5.02 Å². The summed E-state index contributed by atoms with van der Waals surface area (Å²) in [4.78, 5) is 11.9. The Labute approximate surface area is 133 Å². The molecule has 22 heavy (non-hydrogen) atoms. The van der Waals surface area contributed by atoms with Crippen LogP contribution in [-0.4, -0.2) is 23.8 Å². The highest BCUT2D eigenvalue weighted by molar-refractivity contribution is 6.30. The first-order valence-corrected chi connectivity index (χ1v) is 6.86. The number of ether oxygens (including phenoxy) is 1. The number of benzene rings is 2. The second kappa shape index (κ2) is 6.95. The lowest BCUT2D eigenvalue weighted by Gasteiger charge is -2.07. The Balaban J connectivity index is 2.12. The van der Waals surface area contributed by atoms with Crippen molar-refractivity contribution in [2.45, 2.75) is 6.92 Å². The summed E-state index contributed by atoms with van der Waals surface area (Å²) in [6.07, 6.45) is 0. The number of phenols is 1. The average Bonchev–Trinajstić information content (AvgIpc) is 2.53. The molecule has 6 heteroatoms. The normalized spacial score (nSPS) is 11.1. The number of carbonyl (C=O) groups is 1. The highest BCUT2D eigenvalue weighted by Crippen LogP contribution is 2.26. The van der Waals surface area contributed by atoms with Crippen LogP contribution >= 0.6 is 11.6 Å². The lowest BCUT2D eigenvalue weighted by atomic mass is 10.1. The number of methoxy groups -OCH3 is 1. The van der Waals surface area contributed by atoms with Crippen LogP contribution in [0, 0.1) is 0 Å². The summed E-state index contributed by atoms with van der Waals surface area (Å²) in [5.41, 5.74) is 4.25. The van der Waals surface area contributed by atoms with Gasteiger partial charge < -0.3 is 9.84 Å². The van der Waals surface area contributed by atoms with E-state index in [0.29, 0.717) is 22.0 Å². The summed E-state index contributed by atoms with van der Waals surface area (Å²) < 4.78 is 5.04. The number of phenolic OH excluding ortho intramolecular Hbond substituents is 1. The molecule has 0 saturated heterocycles. The fourth-order valence-electron chi connectivity index (χ4n) is 1.77. The van der Waals surface area contributed by atoms with Crippen LogP contribution in [0.25, 0.3) is 0 Å². The molecule has 0 aromatic heterocycles. The number of carbonyl (C=O) groups excluding carboxylic acids is 1. The number of hydrogen-bond acceptors (Lipinski definition) is 4. The highest BCUT2D eigenvalue weighted by atomic mass is 35.5. The van der Waals surface area contributed by atoms with E-state index in [4.69, 9.17) is 16.3 Å². The zero-order chi connectivity index (χ0) is 16.1. The maximum atomic E-state index is 11.9. The molecule has 0 atom stereocenters. The van der Waals surface area contributed by atoms with Gasteiger partial charge in [-0.05, 0) is 49.4 Å². The van der Waals surface area contributed by atoms with E-state index >= 15 is 0 Å². The zero-order valence-corrected chi connectivity index (χ0v) is 12.9. The van der Waals surface area contributed by atoms with Crippen LogP contribution in [0.5, 0.6) is 11.5 Å². The molecule has 0 radical (unpaired) electrons. The number of nitrogens with zero attached hydrogens (tertiary/aromatic N) is 1. The summed E-state index contributed by atoms with van der Waals surface area (Å²) in [5.74, 6) is 0.0575. The van der Waals surface area contributed by atoms with Gasteiger partial charge in [-0.3, -0.25) is 4.79 Å². The molecule has 0 heterocycles. The number of amides is 1. The minimum absolute atomic E-state index is 0.0456. The topological polar surface area (TPSA) is 70.9 Å². The maximum Gasteiger partial charge on any atom is 0.271 e. The third-order valence-electron chi connectivity index (χ3n) is 3.03. The minimum Gasteiger partial charge on any atom is -0.504 e. The molecule has 2 rings (SSSR count).